The van der Waals surface area contributed by atoms with Crippen molar-refractivity contribution in [2.24, 2.45) is 0 Å². The van der Waals surface area contributed by atoms with Crippen LogP contribution >= 0.6 is 0 Å². The highest BCUT2D eigenvalue weighted by Gasteiger charge is 2.04. The lowest BCUT2D eigenvalue weighted by Crippen LogP contribution is -2.18. The van der Waals surface area contributed by atoms with Gasteiger partial charge in [-0.3, -0.25) is 0 Å². The second-order valence-corrected chi connectivity index (χ2v) is 3.26. The van der Waals surface area contributed by atoms with E-state index in [1.165, 1.54) is 0 Å². The van der Waals surface area contributed by atoms with Crippen LogP contribution in [-0.4, -0.2) is 23.9 Å². The monoisotopic (exact) mass is 172 g/mol. The van der Waals surface area contributed by atoms with Gasteiger partial charge < -0.3 is 9.84 Å². The molecule has 0 saturated carbocycles. The number of ether oxygens (including phenoxy) is 1. The number of hydrogen-bond acceptors (Lipinski definition) is 2. The molecule has 0 fully saturated rings. The minimum Gasteiger partial charge on any atom is -0.391 e. The Balaban J connectivity index is 3.21. The summed E-state index contributed by atoms with van der Waals surface area (Å²) in [5.41, 5.74) is 0. The molecule has 0 aliphatic rings. The Morgan fingerprint density at radius 3 is 2.67 bits per heavy atom. The molecular formula is C10H20O2. The number of aliphatic hydroxyl groups is 1. The summed E-state index contributed by atoms with van der Waals surface area (Å²) in [7, 11) is 0. The van der Waals surface area contributed by atoms with Gasteiger partial charge in [-0.25, -0.2) is 0 Å². The van der Waals surface area contributed by atoms with Crippen LogP contribution in [0.25, 0.3) is 0 Å². The van der Waals surface area contributed by atoms with Crippen LogP contribution in [0.1, 0.15) is 33.1 Å². The highest BCUT2D eigenvalue weighted by atomic mass is 16.5. The summed E-state index contributed by atoms with van der Waals surface area (Å²) in [6.45, 7) is 8.01. The van der Waals surface area contributed by atoms with Gasteiger partial charge in [-0.15, -0.1) is 6.58 Å². The molecular weight excluding hydrogens is 152 g/mol. The van der Waals surface area contributed by atoms with E-state index in [0.29, 0.717) is 6.61 Å². The lowest BCUT2D eigenvalue weighted by atomic mass is 10.1. The van der Waals surface area contributed by atoms with Crippen molar-refractivity contribution in [3.8, 4) is 0 Å². The van der Waals surface area contributed by atoms with E-state index < -0.39 is 0 Å². The first-order valence-electron chi connectivity index (χ1n) is 4.57. The van der Waals surface area contributed by atoms with Crippen molar-refractivity contribution in [1.29, 1.82) is 0 Å². The van der Waals surface area contributed by atoms with Gasteiger partial charge in [0.2, 0.25) is 0 Å². The van der Waals surface area contributed by atoms with Crippen LogP contribution in [0.4, 0.5) is 0 Å². The Kier molecular flexibility index (Phi) is 7.11. The van der Waals surface area contributed by atoms with Crippen LogP contribution in [-0.2, 0) is 4.74 Å². The smallest absolute Gasteiger partial charge is 0.0773 e. The molecule has 2 nitrogen and oxygen atoms in total. The lowest BCUT2D eigenvalue weighted by molar-refractivity contribution is 0.00211. The highest BCUT2D eigenvalue weighted by Crippen LogP contribution is 2.02. The Hall–Kier alpha value is -0.340. The van der Waals surface area contributed by atoms with Gasteiger partial charge in [0, 0.05) is 0 Å². The molecule has 0 heterocycles. The number of hydrogen-bond donors (Lipinski definition) is 1. The van der Waals surface area contributed by atoms with Crippen LogP contribution in [0.2, 0.25) is 0 Å². The zero-order valence-electron chi connectivity index (χ0n) is 8.12. The molecule has 0 saturated heterocycles. The SMILES string of the molecule is C=CCCCC(O)COC(C)C. The average molecular weight is 172 g/mol. The minimum atomic E-state index is -0.313. The third-order valence-electron chi connectivity index (χ3n) is 1.57. The number of rotatable bonds is 7. The van der Waals surface area contributed by atoms with E-state index in [4.69, 9.17) is 4.74 Å². The van der Waals surface area contributed by atoms with Crippen LogP contribution in [0.15, 0.2) is 12.7 Å². The molecule has 0 aromatic rings. The molecule has 0 spiro atoms. The Morgan fingerprint density at radius 2 is 2.17 bits per heavy atom. The molecule has 2 heteroatoms. The maximum Gasteiger partial charge on any atom is 0.0773 e. The van der Waals surface area contributed by atoms with Crippen LogP contribution < -0.4 is 0 Å². The second-order valence-electron chi connectivity index (χ2n) is 3.26. The molecule has 0 amide bonds. The molecule has 12 heavy (non-hydrogen) atoms. The Labute approximate surface area is 75.2 Å². The van der Waals surface area contributed by atoms with E-state index in [1.807, 2.05) is 19.9 Å². The van der Waals surface area contributed by atoms with Gasteiger partial charge in [-0.05, 0) is 33.1 Å². The fraction of sp³-hybridized carbons (Fsp3) is 0.800. The fourth-order valence-electron chi connectivity index (χ4n) is 0.885. The summed E-state index contributed by atoms with van der Waals surface area (Å²) < 4.78 is 5.26. The summed E-state index contributed by atoms with van der Waals surface area (Å²) in [6, 6.07) is 0. The summed E-state index contributed by atoms with van der Waals surface area (Å²) in [4.78, 5) is 0. The van der Waals surface area contributed by atoms with Crippen molar-refractivity contribution in [2.45, 2.75) is 45.3 Å². The number of allylic oxidation sites excluding steroid dienone is 1. The van der Waals surface area contributed by atoms with Crippen molar-refractivity contribution in [1.82, 2.24) is 0 Å². The van der Waals surface area contributed by atoms with Gasteiger partial charge in [0.25, 0.3) is 0 Å². The molecule has 72 valence electrons. The van der Waals surface area contributed by atoms with Crippen LogP contribution in [0.3, 0.4) is 0 Å². The molecule has 0 aliphatic carbocycles. The molecule has 0 rings (SSSR count). The van der Waals surface area contributed by atoms with E-state index >= 15 is 0 Å². The zero-order valence-corrected chi connectivity index (χ0v) is 8.12. The quantitative estimate of drug-likeness (QED) is 0.471. The van der Waals surface area contributed by atoms with E-state index in [9.17, 15) is 5.11 Å². The van der Waals surface area contributed by atoms with Gasteiger partial charge >= 0.3 is 0 Å². The first kappa shape index (κ1) is 11.7. The largest absolute Gasteiger partial charge is 0.391 e. The summed E-state index contributed by atoms with van der Waals surface area (Å²) in [5, 5.41) is 9.37. The first-order valence-corrected chi connectivity index (χ1v) is 4.57. The molecule has 0 aliphatic heterocycles. The van der Waals surface area contributed by atoms with Gasteiger partial charge in [0.15, 0.2) is 0 Å². The molecule has 1 N–H and O–H groups in total. The third kappa shape index (κ3) is 7.76. The summed E-state index contributed by atoms with van der Waals surface area (Å²) in [6.07, 6.45) is 4.53. The maximum atomic E-state index is 9.37. The van der Waals surface area contributed by atoms with Gasteiger partial charge in [0.1, 0.15) is 0 Å². The average Bonchev–Trinajstić information content (AvgIpc) is 2.01. The fourth-order valence-corrected chi connectivity index (χ4v) is 0.885. The van der Waals surface area contributed by atoms with Crippen molar-refractivity contribution in [3.63, 3.8) is 0 Å². The Bertz CT molecular complexity index is 110. The highest BCUT2D eigenvalue weighted by molar-refractivity contribution is 4.67. The second kappa shape index (κ2) is 7.32. The molecule has 0 bridgehead atoms. The summed E-state index contributed by atoms with van der Waals surface area (Å²) in [5.74, 6) is 0. The first-order chi connectivity index (χ1) is 5.66. The van der Waals surface area contributed by atoms with Crippen molar-refractivity contribution < 1.29 is 9.84 Å². The summed E-state index contributed by atoms with van der Waals surface area (Å²) >= 11 is 0. The molecule has 0 aromatic carbocycles. The van der Waals surface area contributed by atoms with E-state index in [0.717, 1.165) is 19.3 Å². The standard InChI is InChI=1S/C10H20O2/c1-4-5-6-7-10(11)8-12-9(2)3/h4,9-11H,1,5-8H2,2-3H3. The maximum absolute atomic E-state index is 9.37. The lowest BCUT2D eigenvalue weighted by Gasteiger charge is -2.12. The van der Waals surface area contributed by atoms with E-state index in [-0.39, 0.29) is 12.2 Å². The van der Waals surface area contributed by atoms with Crippen molar-refractivity contribution >= 4 is 0 Å². The van der Waals surface area contributed by atoms with E-state index in [1.54, 1.807) is 0 Å². The molecule has 0 aromatic heterocycles. The predicted molar refractivity (Wildman–Crippen MR) is 51.1 cm³/mol. The molecule has 1 unspecified atom stereocenters. The van der Waals surface area contributed by atoms with E-state index in [2.05, 4.69) is 6.58 Å². The zero-order chi connectivity index (χ0) is 9.40. The Morgan fingerprint density at radius 1 is 1.50 bits per heavy atom. The van der Waals surface area contributed by atoms with Crippen molar-refractivity contribution in [3.05, 3.63) is 12.7 Å². The van der Waals surface area contributed by atoms with Gasteiger partial charge in [-0.1, -0.05) is 6.08 Å². The van der Waals surface area contributed by atoms with Crippen LogP contribution in [0, 0.1) is 0 Å². The number of unbranched alkanes of at least 4 members (excludes halogenated alkanes) is 1. The minimum absolute atomic E-state index is 0.207. The van der Waals surface area contributed by atoms with Crippen LogP contribution in [0.5, 0.6) is 0 Å². The predicted octanol–water partition coefficient (Wildman–Crippen LogP) is 2.13. The molecule has 1 atom stereocenters. The normalized spacial score (nSPS) is 13.3. The van der Waals surface area contributed by atoms with Gasteiger partial charge in [-0.2, -0.15) is 0 Å². The topological polar surface area (TPSA) is 29.5 Å². The van der Waals surface area contributed by atoms with Crippen molar-refractivity contribution in [2.75, 3.05) is 6.61 Å². The molecule has 0 radical (unpaired) electrons. The van der Waals surface area contributed by atoms with Gasteiger partial charge in [0.05, 0.1) is 18.8 Å². The third-order valence-corrected chi connectivity index (χ3v) is 1.57. The number of aliphatic hydroxyl groups excluding tert-OH is 1.